The molecule has 1 fully saturated rings. The highest BCUT2D eigenvalue weighted by Crippen LogP contribution is 2.30. The van der Waals surface area contributed by atoms with Crippen molar-refractivity contribution < 1.29 is 9.90 Å². The first-order valence-corrected chi connectivity index (χ1v) is 10.2. The molecule has 3 rings (SSSR count). The number of hydrogen-bond donors (Lipinski definition) is 2. The summed E-state index contributed by atoms with van der Waals surface area (Å²) in [5.41, 5.74) is -0.577. The zero-order valence-electron chi connectivity index (χ0n) is 15.5. The minimum atomic E-state index is -0.491. The Kier molecular flexibility index (Phi) is 5.98. The summed E-state index contributed by atoms with van der Waals surface area (Å²) in [5, 5.41) is 15.6. The van der Waals surface area contributed by atoms with Crippen molar-refractivity contribution in [1.29, 1.82) is 0 Å². The van der Waals surface area contributed by atoms with Gasteiger partial charge in [0.15, 0.2) is 0 Å². The smallest absolute Gasteiger partial charge is 0.268 e. The number of aromatic hydroxyl groups is 1. The molecule has 0 bridgehead atoms. The molecule has 3 heterocycles. The molecule has 0 radical (unpaired) electrons. The molecule has 142 valence electrons. The molecule has 6 nitrogen and oxygen atoms in total. The first-order valence-electron chi connectivity index (χ1n) is 9.36. The highest BCUT2D eigenvalue weighted by atomic mass is 32.1. The third-order valence-corrected chi connectivity index (χ3v) is 6.13. The molecule has 1 saturated heterocycles. The number of nitrogens with one attached hydrogen (secondary N) is 1. The number of likely N-dealkylation sites (tertiary alicyclic amines) is 1. The summed E-state index contributed by atoms with van der Waals surface area (Å²) in [6.07, 6.45) is 3.30. The van der Waals surface area contributed by atoms with Gasteiger partial charge in [0.05, 0.1) is 5.39 Å². The van der Waals surface area contributed by atoms with Gasteiger partial charge in [-0.2, -0.15) is 0 Å². The summed E-state index contributed by atoms with van der Waals surface area (Å²) >= 11 is 1.39. The van der Waals surface area contributed by atoms with Gasteiger partial charge >= 0.3 is 0 Å². The van der Waals surface area contributed by atoms with Crippen LogP contribution in [0.25, 0.3) is 10.2 Å². The fourth-order valence-electron chi connectivity index (χ4n) is 3.52. The van der Waals surface area contributed by atoms with E-state index >= 15 is 0 Å². The molecule has 1 amide bonds. The third-order valence-electron chi connectivity index (χ3n) is 5.20. The van der Waals surface area contributed by atoms with E-state index in [0.717, 1.165) is 32.0 Å². The molecule has 1 aliphatic rings. The Balaban J connectivity index is 1.64. The number of piperidine rings is 1. The van der Waals surface area contributed by atoms with Gasteiger partial charge in [0.25, 0.3) is 11.5 Å². The van der Waals surface area contributed by atoms with Crippen molar-refractivity contribution >= 4 is 27.5 Å². The molecule has 0 aromatic carbocycles. The van der Waals surface area contributed by atoms with Crippen LogP contribution in [0.4, 0.5) is 0 Å². The van der Waals surface area contributed by atoms with E-state index in [1.165, 1.54) is 24.2 Å². The molecule has 26 heavy (non-hydrogen) atoms. The van der Waals surface area contributed by atoms with Crippen molar-refractivity contribution in [2.45, 2.75) is 39.7 Å². The first kappa shape index (κ1) is 18.9. The fraction of sp³-hybridized carbons (Fsp3) is 0.579. The van der Waals surface area contributed by atoms with E-state index < -0.39 is 11.5 Å². The van der Waals surface area contributed by atoms with E-state index in [1.807, 2.05) is 12.3 Å². The van der Waals surface area contributed by atoms with E-state index in [4.69, 9.17) is 0 Å². The maximum absolute atomic E-state index is 12.6. The molecule has 2 aromatic rings. The van der Waals surface area contributed by atoms with Crippen molar-refractivity contribution in [1.82, 2.24) is 14.8 Å². The second-order valence-electron chi connectivity index (χ2n) is 7.05. The third kappa shape index (κ3) is 3.78. The maximum Gasteiger partial charge on any atom is 0.268 e. The van der Waals surface area contributed by atoms with Crippen LogP contribution in [0, 0.1) is 5.92 Å². The number of aryl methyl sites for hydroxylation is 1. The lowest BCUT2D eigenvalue weighted by Gasteiger charge is -2.30. The van der Waals surface area contributed by atoms with Gasteiger partial charge in [0.1, 0.15) is 16.1 Å². The van der Waals surface area contributed by atoms with Crippen molar-refractivity contribution in [3.05, 3.63) is 27.4 Å². The van der Waals surface area contributed by atoms with Crippen molar-refractivity contribution in [3.63, 3.8) is 0 Å². The number of hydrogen-bond acceptors (Lipinski definition) is 5. The fourth-order valence-corrected chi connectivity index (χ4v) is 4.49. The van der Waals surface area contributed by atoms with E-state index in [9.17, 15) is 14.7 Å². The van der Waals surface area contributed by atoms with Crippen molar-refractivity contribution in [2.24, 2.45) is 5.92 Å². The number of fused-ring (bicyclic) bond motifs is 1. The zero-order chi connectivity index (χ0) is 18.7. The van der Waals surface area contributed by atoms with Crippen molar-refractivity contribution in [3.8, 4) is 5.75 Å². The number of pyridine rings is 1. The molecule has 0 atom stereocenters. The summed E-state index contributed by atoms with van der Waals surface area (Å²) in [7, 11) is 0. The first-order chi connectivity index (χ1) is 12.5. The van der Waals surface area contributed by atoms with Crippen LogP contribution in [-0.4, -0.2) is 46.7 Å². The molecule has 7 heteroatoms. The molecule has 0 unspecified atom stereocenters. The number of aromatic nitrogens is 1. The van der Waals surface area contributed by atoms with E-state index in [1.54, 1.807) is 10.6 Å². The lowest BCUT2D eigenvalue weighted by molar-refractivity contribution is 0.0946. The predicted octanol–water partition coefficient (Wildman–Crippen LogP) is 2.64. The largest absolute Gasteiger partial charge is 0.506 e. The second-order valence-corrected chi connectivity index (χ2v) is 7.94. The minimum Gasteiger partial charge on any atom is -0.506 e. The second kappa shape index (κ2) is 8.22. The van der Waals surface area contributed by atoms with E-state index in [2.05, 4.69) is 17.1 Å². The van der Waals surface area contributed by atoms with Gasteiger partial charge in [-0.15, -0.1) is 11.3 Å². The molecular formula is C19H27N3O3S. The van der Waals surface area contributed by atoms with Crippen LogP contribution >= 0.6 is 11.3 Å². The lowest BCUT2D eigenvalue weighted by Crippen LogP contribution is -2.37. The van der Waals surface area contributed by atoms with Gasteiger partial charge < -0.3 is 15.3 Å². The SMILES string of the molecule is CCn1c(=O)c(C(=O)NCCCN2CCC(C)CC2)c(O)c2ccsc21. The molecule has 0 spiro atoms. The topological polar surface area (TPSA) is 74.6 Å². The van der Waals surface area contributed by atoms with Crippen molar-refractivity contribution in [2.75, 3.05) is 26.2 Å². The highest BCUT2D eigenvalue weighted by Gasteiger charge is 2.22. The van der Waals surface area contributed by atoms with Crippen LogP contribution in [0.2, 0.25) is 0 Å². The van der Waals surface area contributed by atoms with E-state index in [-0.39, 0.29) is 11.3 Å². The zero-order valence-corrected chi connectivity index (χ0v) is 16.3. The number of amides is 1. The summed E-state index contributed by atoms with van der Waals surface area (Å²) in [6, 6.07) is 1.75. The maximum atomic E-state index is 12.6. The Morgan fingerprint density at radius 2 is 2.12 bits per heavy atom. The number of rotatable bonds is 6. The van der Waals surface area contributed by atoms with Crippen LogP contribution < -0.4 is 10.9 Å². The molecule has 2 aromatic heterocycles. The highest BCUT2D eigenvalue weighted by molar-refractivity contribution is 7.16. The number of carbonyl (C=O) groups is 1. The Labute approximate surface area is 157 Å². The lowest BCUT2D eigenvalue weighted by atomic mass is 9.99. The summed E-state index contributed by atoms with van der Waals surface area (Å²) in [4.78, 5) is 28.3. The van der Waals surface area contributed by atoms with Crippen LogP contribution in [0.15, 0.2) is 16.2 Å². The molecule has 1 aliphatic heterocycles. The van der Waals surface area contributed by atoms with Crippen LogP contribution in [0.3, 0.4) is 0 Å². The van der Waals surface area contributed by atoms with Crippen LogP contribution in [0.1, 0.15) is 43.5 Å². The Morgan fingerprint density at radius 3 is 2.81 bits per heavy atom. The van der Waals surface area contributed by atoms with Gasteiger partial charge in [0, 0.05) is 13.1 Å². The standard InChI is InChI=1S/C19H27N3O3S/c1-3-22-18(25)15(16(23)14-7-12-26-19(14)22)17(24)20-8-4-9-21-10-5-13(2)6-11-21/h7,12-13,23H,3-6,8-11H2,1-2H3,(H,20,24). The molecule has 0 saturated carbocycles. The van der Waals surface area contributed by atoms with Crippen LogP contribution in [-0.2, 0) is 6.54 Å². The minimum absolute atomic E-state index is 0.149. The average molecular weight is 378 g/mol. The Bertz CT molecular complexity index is 834. The Hall–Kier alpha value is -1.86. The van der Waals surface area contributed by atoms with Gasteiger partial charge in [-0.3, -0.25) is 14.2 Å². The van der Waals surface area contributed by atoms with Gasteiger partial charge in [0.2, 0.25) is 0 Å². The molecule has 2 N–H and O–H groups in total. The number of thiophene rings is 1. The normalized spacial score (nSPS) is 16.2. The van der Waals surface area contributed by atoms with Gasteiger partial charge in [-0.05, 0) is 63.2 Å². The average Bonchev–Trinajstić information content (AvgIpc) is 3.10. The summed E-state index contributed by atoms with van der Waals surface area (Å²) < 4.78 is 1.55. The van der Waals surface area contributed by atoms with E-state index in [0.29, 0.717) is 23.3 Å². The quantitative estimate of drug-likeness (QED) is 0.759. The predicted molar refractivity (Wildman–Crippen MR) is 105 cm³/mol. The van der Waals surface area contributed by atoms with Gasteiger partial charge in [-0.1, -0.05) is 6.92 Å². The van der Waals surface area contributed by atoms with Gasteiger partial charge in [-0.25, -0.2) is 0 Å². The molecule has 0 aliphatic carbocycles. The number of carbonyl (C=O) groups excluding carboxylic acids is 1. The summed E-state index contributed by atoms with van der Waals surface area (Å²) in [6.45, 7) is 8.29. The molecular weight excluding hydrogens is 350 g/mol. The Morgan fingerprint density at radius 1 is 1.38 bits per heavy atom. The van der Waals surface area contributed by atoms with Crippen LogP contribution in [0.5, 0.6) is 5.75 Å². The number of nitrogens with zero attached hydrogens (tertiary/aromatic N) is 2. The monoisotopic (exact) mass is 377 g/mol. The summed E-state index contributed by atoms with van der Waals surface area (Å²) in [5.74, 6) is 0.107.